The second-order valence-electron chi connectivity index (χ2n) is 4.35. The van der Waals surface area contributed by atoms with Gasteiger partial charge in [-0.3, -0.25) is 0 Å². The molecule has 19 heavy (non-hydrogen) atoms. The largest absolute Gasteiger partial charge is 0.380 e. The molecule has 7 heteroatoms. The van der Waals surface area contributed by atoms with Crippen molar-refractivity contribution < 1.29 is 22.3 Å². The SMILES string of the molecule is CCOCC(Nc1c(F)c(F)nc(F)c1F)C(C)C. The van der Waals surface area contributed by atoms with Crippen LogP contribution in [0.1, 0.15) is 20.8 Å². The van der Waals surface area contributed by atoms with Crippen LogP contribution < -0.4 is 5.32 Å². The summed E-state index contributed by atoms with van der Waals surface area (Å²) in [4.78, 5) is 2.49. The summed E-state index contributed by atoms with van der Waals surface area (Å²) < 4.78 is 58.0. The number of aromatic nitrogens is 1. The van der Waals surface area contributed by atoms with Gasteiger partial charge in [-0.2, -0.15) is 22.5 Å². The summed E-state index contributed by atoms with van der Waals surface area (Å²) in [6.45, 7) is 5.94. The Morgan fingerprint density at radius 2 is 1.63 bits per heavy atom. The summed E-state index contributed by atoms with van der Waals surface area (Å²) in [5.41, 5.74) is -0.858. The molecular formula is C12H16F4N2O. The predicted octanol–water partition coefficient (Wildman–Crippen LogP) is 3.11. The van der Waals surface area contributed by atoms with E-state index in [9.17, 15) is 17.6 Å². The van der Waals surface area contributed by atoms with Crippen molar-refractivity contribution in [2.75, 3.05) is 18.5 Å². The fraction of sp³-hybridized carbons (Fsp3) is 0.583. The van der Waals surface area contributed by atoms with Crippen LogP contribution in [0, 0.1) is 29.4 Å². The number of nitrogens with one attached hydrogen (secondary N) is 1. The van der Waals surface area contributed by atoms with E-state index in [0.29, 0.717) is 6.61 Å². The second kappa shape index (κ2) is 6.70. The number of rotatable bonds is 6. The first-order valence-corrected chi connectivity index (χ1v) is 5.92. The Hall–Kier alpha value is -1.37. The van der Waals surface area contributed by atoms with Crippen LogP contribution in [-0.4, -0.2) is 24.2 Å². The molecule has 1 N–H and O–H groups in total. The Morgan fingerprint density at radius 1 is 1.11 bits per heavy atom. The van der Waals surface area contributed by atoms with Crippen molar-refractivity contribution in [2.45, 2.75) is 26.8 Å². The average Bonchev–Trinajstić information content (AvgIpc) is 2.35. The van der Waals surface area contributed by atoms with Crippen molar-refractivity contribution >= 4 is 5.69 Å². The molecule has 0 saturated heterocycles. The zero-order valence-corrected chi connectivity index (χ0v) is 10.9. The van der Waals surface area contributed by atoms with E-state index < -0.39 is 35.3 Å². The molecule has 108 valence electrons. The van der Waals surface area contributed by atoms with E-state index in [2.05, 4.69) is 10.3 Å². The summed E-state index contributed by atoms with van der Waals surface area (Å²) in [6, 6.07) is -0.481. The van der Waals surface area contributed by atoms with Gasteiger partial charge < -0.3 is 10.1 Å². The minimum atomic E-state index is -1.68. The molecule has 0 aliphatic rings. The van der Waals surface area contributed by atoms with Crippen LogP contribution in [0.4, 0.5) is 23.2 Å². The highest BCUT2D eigenvalue weighted by atomic mass is 19.2. The Kier molecular flexibility index (Phi) is 5.53. The van der Waals surface area contributed by atoms with Crippen molar-refractivity contribution in [3.8, 4) is 0 Å². The molecule has 1 aromatic heterocycles. The van der Waals surface area contributed by atoms with Gasteiger partial charge in [-0.05, 0) is 12.8 Å². The van der Waals surface area contributed by atoms with Crippen molar-refractivity contribution in [1.29, 1.82) is 0 Å². The van der Waals surface area contributed by atoms with Gasteiger partial charge in [0.25, 0.3) is 11.9 Å². The molecule has 1 rings (SSSR count). The smallest absolute Gasteiger partial charge is 0.253 e. The molecular weight excluding hydrogens is 264 g/mol. The summed E-state index contributed by atoms with van der Waals surface area (Å²) in [5.74, 6) is -6.49. The Bertz CT molecular complexity index is 414. The molecule has 1 heterocycles. The Balaban J connectivity index is 3.02. The molecule has 3 nitrogen and oxygen atoms in total. The van der Waals surface area contributed by atoms with Crippen molar-refractivity contribution in [2.24, 2.45) is 5.92 Å². The van der Waals surface area contributed by atoms with Crippen LogP contribution in [0.25, 0.3) is 0 Å². The van der Waals surface area contributed by atoms with Crippen LogP contribution in [-0.2, 0) is 4.74 Å². The van der Waals surface area contributed by atoms with E-state index in [1.165, 1.54) is 0 Å². The number of hydrogen-bond donors (Lipinski definition) is 1. The van der Waals surface area contributed by atoms with E-state index in [1.54, 1.807) is 20.8 Å². The topological polar surface area (TPSA) is 34.1 Å². The third kappa shape index (κ3) is 3.79. The minimum Gasteiger partial charge on any atom is -0.380 e. The highest BCUT2D eigenvalue weighted by molar-refractivity contribution is 5.46. The van der Waals surface area contributed by atoms with Gasteiger partial charge in [-0.15, -0.1) is 0 Å². The molecule has 1 unspecified atom stereocenters. The Labute approximate surface area is 109 Å². The molecule has 0 fully saturated rings. The van der Waals surface area contributed by atoms with E-state index >= 15 is 0 Å². The number of halogens is 4. The van der Waals surface area contributed by atoms with Crippen LogP contribution in [0.5, 0.6) is 0 Å². The number of hydrogen-bond acceptors (Lipinski definition) is 3. The standard InChI is InChI=1S/C12H16F4N2O/c1-4-19-5-7(6(2)3)17-10-8(13)11(15)18-12(16)9(10)14/h6-7H,4-5H2,1-3H3,(H,17,18). The van der Waals surface area contributed by atoms with Crippen molar-refractivity contribution in [3.05, 3.63) is 23.5 Å². The van der Waals surface area contributed by atoms with Gasteiger partial charge in [0.15, 0.2) is 0 Å². The molecule has 0 saturated carbocycles. The predicted molar refractivity (Wildman–Crippen MR) is 62.8 cm³/mol. The van der Waals surface area contributed by atoms with Crippen LogP contribution >= 0.6 is 0 Å². The molecule has 1 aromatic rings. The lowest BCUT2D eigenvalue weighted by atomic mass is 10.1. The number of nitrogens with zero attached hydrogens (tertiary/aromatic N) is 1. The zero-order chi connectivity index (χ0) is 14.6. The normalized spacial score (nSPS) is 12.8. The first-order chi connectivity index (χ1) is 8.88. The number of ether oxygens (including phenoxy) is 1. The van der Waals surface area contributed by atoms with Gasteiger partial charge in [0.1, 0.15) is 5.69 Å². The molecule has 1 atom stereocenters. The van der Waals surface area contributed by atoms with Crippen molar-refractivity contribution in [1.82, 2.24) is 4.98 Å². The lowest BCUT2D eigenvalue weighted by molar-refractivity contribution is 0.126. The zero-order valence-electron chi connectivity index (χ0n) is 10.9. The van der Waals surface area contributed by atoms with Crippen LogP contribution in [0.2, 0.25) is 0 Å². The number of pyridine rings is 1. The average molecular weight is 280 g/mol. The highest BCUT2D eigenvalue weighted by Crippen LogP contribution is 2.24. The molecule has 0 spiro atoms. The van der Waals surface area contributed by atoms with Crippen LogP contribution in [0.15, 0.2) is 0 Å². The van der Waals surface area contributed by atoms with Gasteiger partial charge in [0, 0.05) is 6.61 Å². The van der Waals surface area contributed by atoms with Gasteiger partial charge in [0.05, 0.1) is 12.6 Å². The monoisotopic (exact) mass is 280 g/mol. The van der Waals surface area contributed by atoms with Gasteiger partial charge in [-0.25, -0.2) is 0 Å². The van der Waals surface area contributed by atoms with Gasteiger partial charge in [0.2, 0.25) is 11.6 Å². The third-order valence-electron chi connectivity index (χ3n) is 2.63. The lowest BCUT2D eigenvalue weighted by Gasteiger charge is -2.23. The van der Waals surface area contributed by atoms with Crippen LogP contribution in [0.3, 0.4) is 0 Å². The summed E-state index contributed by atoms with van der Waals surface area (Å²) >= 11 is 0. The highest BCUT2D eigenvalue weighted by Gasteiger charge is 2.24. The molecule has 0 aliphatic heterocycles. The maximum atomic E-state index is 13.4. The van der Waals surface area contributed by atoms with E-state index in [4.69, 9.17) is 4.74 Å². The van der Waals surface area contributed by atoms with E-state index in [-0.39, 0.29) is 12.5 Å². The summed E-state index contributed by atoms with van der Waals surface area (Å²) in [5, 5.41) is 2.44. The molecule has 0 aliphatic carbocycles. The maximum absolute atomic E-state index is 13.4. The fourth-order valence-corrected chi connectivity index (χ4v) is 1.44. The molecule has 0 amide bonds. The lowest BCUT2D eigenvalue weighted by Crippen LogP contribution is -2.32. The number of anilines is 1. The van der Waals surface area contributed by atoms with E-state index in [1.807, 2.05) is 0 Å². The van der Waals surface area contributed by atoms with Crippen molar-refractivity contribution in [3.63, 3.8) is 0 Å². The fourth-order valence-electron chi connectivity index (χ4n) is 1.44. The first-order valence-electron chi connectivity index (χ1n) is 5.92. The first kappa shape index (κ1) is 15.7. The summed E-state index contributed by atoms with van der Waals surface area (Å²) in [7, 11) is 0. The Morgan fingerprint density at radius 3 is 2.05 bits per heavy atom. The maximum Gasteiger partial charge on any atom is 0.253 e. The second-order valence-corrected chi connectivity index (χ2v) is 4.35. The minimum absolute atomic E-state index is 0.0513. The quantitative estimate of drug-likeness (QED) is 0.642. The molecule has 0 radical (unpaired) electrons. The van der Waals surface area contributed by atoms with Gasteiger partial charge in [-0.1, -0.05) is 13.8 Å². The third-order valence-corrected chi connectivity index (χ3v) is 2.63. The van der Waals surface area contributed by atoms with E-state index in [0.717, 1.165) is 0 Å². The summed E-state index contributed by atoms with van der Waals surface area (Å²) in [6.07, 6.45) is 0. The molecule has 0 bridgehead atoms. The molecule has 0 aromatic carbocycles. The van der Waals surface area contributed by atoms with Gasteiger partial charge >= 0.3 is 0 Å².